The summed E-state index contributed by atoms with van der Waals surface area (Å²) in [7, 11) is 0. The van der Waals surface area contributed by atoms with Crippen LogP contribution in [0.15, 0.2) is 46.9 Å². The number of aromatic nitrogens is 1. The van der Waals surface area contributed by atoms with Crippen LogP contribution in [0.3, 0.4) is 0 Å². The van der Waals surface area contributed by atoms with E-state index in [1.165, 1.54) is 23.3 Å². The van der Waals surface area contributed by atoms with Gasteiger partial charge in [0.1, 0.15) is 22.5 Å². The minimum Gasteiger partial charge on any atom is -0.494 e. The van der Waals surface area contributed by atoms with Crippen molar-refractivity contribution in [3.8, 4) is 5.75 Å². The minimum absolute atomic E-state index is 0.0269. The van der Waals surface area contributed by atoms with Crippen molar-refractivity contribution in [1.82, 2.24) is 9.88 Å². The number of ether oxygens (including phenoxy) is 3. The van der Waals surface area contributed by atoms with Crippen molar-refractivity contribution in [2.24, 2.45) is 5.92 Å². The van der Waals surface area contributed by atoms with Crippen molar-refractivity contribution in [3.63, 3.8) is 0 Å². The van der Waals surface area contributed by atoms with Gasteiger partial charge in [-0.25, -0.2) is 14.5 Å². The Hall–Kier alpha value is -3.75. The van der Waals surface area contributed by atoms with Crippen molar-refractivity contribution < 1.29 is 28.2 Å². The van der Waals surface area contributed by atoms with Crippen LogP contribution in [0.2, 0.25) is 0 Å². The fraction of sp³-hybridized carbons (Fsp3) is 0.571. The third-order valence-electron chi connectivity index (χ3n) is 7.70. The number of fused-ring (bicyclic) bond motifs is 1. The molecule has 0 radical (unpaired) electrons. The Morgan fingerprint density at radius 2 is 1.75 bits per heavy atom. The molecular formula is C35H47N3O6. The quantitative estimate of drug-likeness (QED) is 0.216. The smallest absolute Gasteiger partial charge is 0.418 e. The predicted molar refractivity (Wildman–Crippen MR) is 170 cm³/mol. The molecule has 1 aromatic heterocycles. The minimum atomic E-state index is -0.684. The molecule has 9 nitrogen and oxygen atoms in total. The second-order valence-corrected chi connectivity index (χ2v) is 14.1. The van der Waals surface area contributed by atoms with E-state index in [-0.39, 0.29) is 18.0 Å². The maximum atomic E-state index is 13.3. The van der Waals surface area contributed by atoms with Gasteiger partial charge in [-0.15, -0.1) is 0 Å². The summed E-state index contributed by atoms with van der Waals surface area (Å²) < 4.78 is 23.4. The average Bonchev–Trinajstić information content (AvgIpc) is 3.53. The summed E-state index contributed by atoms with van der Waals surface area (Å²) in [5, 5.41) is 0. The molecule has 1 aliphatic carbocycles. The van der Waals surface area contributed by atoms with E-state index in [9.17, 15) is 9.59 Å². The summed E-state index contributed by atoms with van der Waals surface area (Å²) in [6.45, 7) is 13.1. The van der Waals surface area contributed by atoms with Crippen LogP contribution in [0.5, 0.6) is 5.75 Å². The normalized spacial score (nSPS) is 17.1. The SMILES string of the molecule is CC(C)(C)OC(=O)N1CC[C@H](CN(C(=O)OC(C)(C)C)c2nc3ccc(CCCCOc4cccc(C5CC5)c4)cc3o2)C1. The lowest BCUT2D eigenvalue weighted by atomic mass is 10.1. The molecular weight excluding hydrogens is 558 g/mol. The average molecular weight is 606 g/mol. The number of carbonyl (C=O) groups is 2. The monoisotopic (exact) mass is 605 g/mol. The summed E-state index contributed by atoms with van der Waals surface area (Å²) in [5.41, 5.74) is 2.59. The van der Waals surface area contributed by atoms with Crippen LogP contribution in [0.4, 0.5) is 15.6 Å². The summed E-state index contributed by atoms with van der Waals surface area (Å²) in [6, 6.07) is 14.7. The first-order valence-corrected chi connectivity index (χ1v) is 15.9. The molecule has 2 aliphatic rings. The second kappa shape index (κ2) is 13.1. The number of rotatable bonds is 10. The molecule has 2 heterocycles. The standard InChI is InChI=1S/C35H47N3O6/c1-34(2,3)43-32(39)37-18-17-25(22-37)23-38(33(40)44-35(4,5)6)31-36-29-16-13-24(20-30(29)42-31)10-7-8-19-41-28-12-9-11-27(21-28)26-14-15-26/h9,11-13,16,20-21,25-26H,7-8,10,14-15,17-19,22-23H2,1-6H3/t25-/m0/s1. The van der Waals surface area contributed by atoms with Crippen molar-refractivity contribution in [2.45, 2.75) is 97.2 Å². The molecule has 9 heteroatoms. The van der Waals surface area contributed by atoms with Crippen molar-refractivity contribution >= 4 is 29.3 Å². The first-order chi connectivity index (χ1) is 20.8. The van der Waals surface area contributed by atoms with E-state index in [0.29, 0.717) is 37.3 Å². The lowest BCUT2D eigenvalue weighted by Gasteiger charge is -2.27. The Morgan fingerprint density at radius 1 is 0.977 bits per heavy atom. The maximum absolute atomic E-state index is 13.3. The fourth-order valence-corrected chi connectivity index (χ4v) is 5.40. The van der Waals surface area contributed by atoms with Gasteiger partial charge < -0.3 is 23.5 Å². The zero-order valence-corrected chi connectivity index (χ0v) is 27.1. The molecule has 1 saturated carbocycles. The van der Waals surface area contributed by atoms with Crippen LogP contribution >= 0.6 is 0 Å². The molecule has 3 aromatic rings. The van der Waals surface area contributed by atoms with E-state index in [1.807, 2.05) is 59.7 Å². The van der Waals surface area contributed by atoms with E-state index in [4.69, 9.17) is 18.6 Å². The highest BCUT2D eigenvalue weighted by Gasteiger charge is 2.35. The summed E-state index contributed by atoms with van der Waals surface area (Å²) in [4.78, 5) is 33.8. The van der Waals surface area contributed by atoms with Crippen LogP contribution in [-0.2, 0) is 15.9 Å². The van der Waals surface area contributed by atoms with Crippen LogP contribution in [0, 0.1) is 5.92 Å². The number of carbonyl (C=O) groups excluding carboxylic acids is 2. The number of nitrogens with zero attached hydrogens (tertiary/aromatic N) is 3. The number of anilines is 1. The number of amides is 2. The molecule has 2 aromatic carbocycles. The van der Waals surface area contributed by atoms with Crippen LogP contribution in [0.25, 0.3) is 11.1 Å². The fourth-order valence-electron chi connectivity index (χ4n) is 5.40. The Balaban J connectivity index is 1.19. The highest BCUT2D eigenvalue weighted by atomic mass is 16.6. The van der Waals surface area contributed by atoms with E-state index in [1.54, 1.807) is 4.90 Å². The van der Waals surface area contributed by atoms with Crippen LogP contribution in [-0.4, -0.2) is 59.5 Å². The zero-order valence-electron chi connectivity index (χ0n) is 27.1. The topological polar surface area (TPSA) is 94.3 Å². The zero-order chi connectivity index (χ0) is 31.5. The van der Waals surface area contributed by atoms with Gasteiger partial charge in [-0.1, -0.05) is 18.2 Å². The summed E-state index contributed by atoms with van der Waals surface area (Å²) >= 11 is 0. The number of aryl methyl sites for hydroxylation is 1. The third kappa shape index (κ3) is 8.89. The van der Waals surface area contributed by atoms with Crippen LogP contribution < -0.4 is 9.64 Å². The van der Waals surface area contributed by atoms with Gasteiger partial charge in [0.2, 0.25) is 0 Å². The molecule has 238 valence electrons. The maximum Gasteiger partial charge on any atom is 0.418 e. The lowest BCUT2D eigenvalue weighted by molar-refractivity contribution is 0.0288. The molecule has 2 amide bonds. The highest BCUT2D eigenvalue weighted by Crippen LogP contribution is 2.41. The van der Waals surface area contributed by atoms with Crippen LogP contribution in [0.1, 0.15) is 90.7 Å². The number of oxazole rings is 1. The van der Waals surface area contributed by atoms with Gasteiger partial charge in [-0.3, -0.25) is 0 Å². The Morgan fingerprint density at radius 3 is 2.48 bits per heavy atom. The predicted octanol–water partition coefficient (Wildman–Crippen LogP) is 8.11. The molecule has 0 N–H and O–H groups in total. The number of unbranched alkanes of at least 4 members (excludes halogenated alkanes) is 1. The molecule has 5 rings (SSSR count). The summed E-state index contributed by atoms with van der Waals surface area (Å²) in [6.07, 6.45) is 5.25. The van der Waals surface area contributed by atoms with Gasteiger partial charge in [0.25, 0.3) is 0 Å². The molecule has 2 fully saturated rings. The van der Waals surface area contributed by atoms with Gasteiger partial charge in [-0.2, -0.15) is 4.98 Å². The lowest BCUT2D eigenvalue weighted by Crippen LogP contribution is -2.41. The number of likely N-dealkylation sites (tertiary alicyclic amines) is 1. The highest BCUT2D eigenvalue weighted by molar-refractivity contribution is 5.87. The Labute approximate surface area is 260 Å². The Bertz CT molecular complexity index is 1450. The first kappa shape index (κ1) is 31.7. The number of benzene rings is 2. The Kier molecular flexibility index (Phi) is 9.42. The van der Waals surface area contributed by atoms with E-state index in [2.05, 4.69) is 29.2 Å². The molecule has 44 heavy (non-hydrogen) atoms. The van der Waals surface area contributed by atoms with Gasteiger partial charge in [0.15, 0.2) is 5.58 Å². The van der Waals surface area contributed by atoms with Crippen molar-refractivity contribution in [2.75, 3.05) is 31.1 Å². The largest absolute Gasteiger partial charge is 0.494 e. The van der Waals surface area contributed by atoms with Crippen molar-refractivity contribution in [3.05, 3.63) is 53.6 Å². The molecule has 0 spiro atoms. The molecule has 1 saturated heterocycles. The van der Waals surface area contributed by atoms with Gasteiger partial charge >= 0.3 is 18.2 Å². The van der Waals surface area contributed by atoms with Gasteiger partial charge in [-0.05, 0) is 127 Å². The van der Waals surface area contributed by atoms with Gasteiger partial charge in [0, 0.05) is 19.6 Å². The molecule has 1 aliphatic heterocycles. The van der Waals surface area contributed by atoms with Crippen molar-refractivity contribution in [1.29, 1.82) is 0 Å². The second-order valence-electron chi connectivity index (χ2n) is 14.1. The molecule has 0 bridgehead atoms. The van der Waals surface area contributed by atoms with E-state index >= 15 is 0 Å². The molecule has 1 atom stereocenters. The molecule has 0 unspecified atom stereocenters. The van der Waals surface area contributed by atoms with E-state index in [0.717, 1.165) is 42.9 Å². The number of hydrogen-bond acceptors (Lipinski definition) is 7. The van der Waals surface area contributed by atoms with E-state index < -0.39 is 17.3 Å². The number of hydrogen-bond donors (Lipinski definition) is 0. The van der Waals surface area contributed by atoms with Gasteiger partial charge in [0.05, 0.1) is 6.61 Å². The first-order valence-electron chi connectivity index (χ1n) is 15.9. The summed E-state index contributed by atoms with van der Waals surface area (Å²) in [5.74, 6) is 1.70. The third-order valence-corrected chi connectivity index (χ3v) is 7.70.